The second kappa shape index (κ2) is 8.01. The van der Waals surface area contributed by atoms with Crippen LogP contribution in [0.1, 0.15) is 105 Å². The molecule has 0 radical (unpaired) electrons. The van der Waals surface area contributed by atoms with E-state index in [0.29, 0.717) is 36.0 Å². The van der Waals surface area contributed by atoms with E-state index in [0.717, 1.165) is 32.1 Å². The first-order valence-corrected chi connectivity index (χ1v) is 14.4. The Morgan fingerprint density at radius 3 is 2.20 bits per heavy atom. The van der Waals surface area contributed by atoms with Gasteiger partial charge in [-0.05, 0) is 123 Å². The van der Waals surface area contributed by atoms with Crippen molar-refractivity contribution in [3.8, 4) is 0 Å². The highest BCUT2D eigenvalue weighted by Gasteiger charge is 2.82. The Hall–Kier alpha value is -0.490. The summed E-state index contributed by atoms with van der Waals surface area (Å²) in [5, 5.41) is 41.4. The molecule has 4 N–H and O–H groups in total. The molecule has 0 amide bonds. The number of carbonyl (C=O) groups is 1. The fourth-order valence-corrected chi connectivity index (χ4v) is 11.1. The van der Waals surface area contributed by atoms with Crippen LogP contribution in [0, 0.1) is 50.7 Å². The van der Waals surface area contributed by atoms with Crippen molar-refractivity contribution in [1.29, 1.82) is 0 Å². The molecule has 200 valence electrons. The maximum Gasteiger partial charge on any atom is 0.141 e. The maximum absolute atomic E-state index is 12.9. The van der Waals surface area contributed by atoms with Crippen LogP contribution in [0.2, 0.25) is 0 Å². The molecule has 5 aliphatic carbocycles. The Kier molecular flexibility index (Phi) is 5.98. The summed E-state index contributed by atoms with van der Waals surface area (Å²) in [6.07, 6.45) is 10.3. The van der Waals surface area contributed by atoms with E-state index >= 15 is 0 Å². The van der Waals surface area contributed by atoms with Gasteiger partial charge in [0.2, 0.25) is 0 Å². The summed E-state index contributed by atoms with van der Waals surface area (Å²) in [7, 11) is 0. The van der Waals surface area contributed by atoms with Crippen molar-refractivity contribution in [2.45, 2.75) is 117 Å². The van der Waals surface area contributed by atoms with Gasteiger partial charge < -0.3 is 20.4 Å². The normalized spacial score (nSPS) is 50.5. The predicted octanol–water partition coefficient (Wildman–Crippen LogP) is 4.49. The lowest BCUT2D eigenvalue weighted by Crippen LogP contribution is -2.58. The monoisotopic (exact) mass is 490 g/mol. The lowest BCUT2D eigenvalue weighted by molar-refractivity contribution is -0.164. The Morgan fingerprint density at radius 2 is 1.57 bits per heavy atom. The summed E-state index contributed by atoms with van der Waals surface area (Å²) in [4.78, 5) is 12.9. The molecular formula is C30H50O5. The van der Waals surface area contributed by atoms with Gasteiger partial charge >= 0.3 is 0 Å². The van der Waals surface area contributed by atoms with Crippen molar-refractivity contribution in [3.05, 3.63) is 0 Å². The highest BCUT2D eigenvalue weighted by molar-refractivity contribution is 5.86. The predicted molar refractivity (Wildman–Crippen MR) is 135 cm³/mol. The highest BCUT2D eigenvalue weighted by atomic mass is 16.3. The molecular weight excluding hydrogens is 440 g/mol. The molecule has 5 nitrogen and oxygen atoms in total. The van der Waals surface area contributed by atoms with Gasteiger partial charge in [0.25, 0.3) is 0 Å². The van der Waals surface area contributed by atoms with Crippen LogP contribution in [-0.4, -0.2) is 51.1 Å². The molecule has 2 spiro atoms. The zero-order chi connectivity index (χ0) is 25.7. The molecule has 0 heterocycles. The summed E-state index contributed by atoms with van der Waals surface area (Å²) in [6.45, 7) is 10.5. The van der Waals surface area contributed by atoms with Gasteiger partial charge in [0.15, 0.2) is 0 Å². The fourth-order valence-electron chi connectivity index (χ4n) is 11.1. The van der Waals surface area contributed by atoms with E-state index in [1.807, 2.05) is 6.92 Å². The molecule has 0 aliphatic heterocycles. The SMILES string of the molecule is CC(C)(O)C(O)CCC(CO)C1CCC2(C)C3CCC4C(C)(CO)C(=O)CCC45CC35CCC12C. The van der Waals surface area contributed by atoms with Crippen molar-refractivity contribution in [2.24, 2.45) is 50.7 Å². The molecule has 10 unspecified atom stereocenters. The van der Waals surface area contributed by atoms with Crippen molar-refractivity contribution in [3.63, 3.8) is 0 Å². The summed E-state index contributed by atoms with van der Waals surface area (Å²) in [5.74, 6) is 1.86. The van der Waals surface area contributed by atoms with Gasteiger partial charge in [0, 0.05) is 13.0 Å². The van der Waals surface area contributed by atoms with Gasteiger partial charge in [-0.3, -0.25) is 4.79 Å². The Balaban J connectivity index is 1.39. The van der Waals surface area contributed by atoms with Crippen molar-refractivity contribution >= 4 is 5.78 Å². The Bertz CT molecular complexity index is 865. The second-order valence-electron chi connectivity index (χ2n) is 14.8. The molecule has 10 atom stereocenters. The number of aliphatic hydroxyl groups is 4. The molecule has 0 bridgehead atoms. The third-order valence-corrected chi connectivity index (χ3v) is 13.5. The van der Waals surface area contributed by atoms with Gasteiger partial charge in [-0.1, -0.05) is 20.8 Å². The van der Waals surface area contributed by atoms with E-state index in [4.69, 9.17) is 0 Å². The van der Waals surface area contributed by atoms with E-state index < -0.39 is 17.1 Å². The third kappa shape index (κ3) is 3.23. The number of rotatable bonds is 7. The zero-order valence-corrected chi connectivity index (χ0v) is 22.8. The van der Waals surface area contributed by atoms with E-state index in [-0.39, 0.29) is 41.2 Å². The number of carbonyl (C=O) groups excluding carboxylic acids is 1. The van der Waals surface area contributed by atoms with Gasteiger partial charge in [-0.25, -0.2) is 0 Å². The highest BCUT2D eigenvalue weighted by Crippen LogP contribution is 2.88. The molecule has 5 fully saturated rings. The van der Waals surface area contributed by atoms with Gasteiger partial charge in [-0.2, -0.15) is 0 Å². The van der Waals surface area contributed by atoms with E-state index in [2.05, 4.69) is 13.8 Å². The number of aliphatic hydroxyl groups excluding tert-OH is 3. The first-order chi connectivity index (χ1) is 16.3. The van der Waals surface area contributed by atoms with Crippen molar-refractivity contribution in [1.82, 2.24) is 0 Å². The van der Waals surface area contributed by atoms with Crippen LogP contribution in [0.3, 0.4) is 0 Å². The standard InChI is InChI=1S/C30H50O5/c1-25(2,35)23(33)9-6-19(16-31)20-10-12-28(5)22-8-7-21-26(3,18-32)24(34)11-13-29(21)17-30(22,29)15-14-27(20,28)4/h19-23,31-33,35H,6-18H2,1-5H3. The smallest absolute Gasteiger partial charge is 0.141 e. The van der Waals surface area contributed by atoms with Gasteiger partial charge in [0.05, 0.1) is 23.7 Å². The molecule has 5 aliphatic rings. The minimum Gasteiger partial charge on any atom is -0.396 e. The number of hydrogen-bond acceptors (Lipinski definition) is 5. The van der Waals surface area contributed by atoms with Crippen molar-refractivity contribution < 1.29 is 25.2 Å². The molecule has 0 saturated heterocycles. The molecule has 0 aromatic carbocycles. The lowest BCUT2D eigenvalue weighted by atomic mass is 9.41. The average Bonchev–Trinajstić information content (AvgIpc) is 3.40. The van der Waals surface area contributed by atoms with E-state index in [9.17, 15) is 25.2 Å². The Morgan fingerprint density at radius 1 is 0.914 bits per heavy atom. The van der Waals surface area contributed by atoms with Gasteiger partial charge in [-0.15, -0.1) is 0 Å². The molecule has 5 saturated carbocycles. The molecule has 35 heavy (non-hydrogen) atoms. The summed E-state index contributed by atoms with van der Waals surface area (Å²) >= 11 is 0. The van der Waals surface area contributed by atoms with Gasteiger partial charge in [0.1, 0.15) is 5.78 Å². The molecule has 5 heteroatoms. The van der Waals surface area contributed by atoms with Crippen LogP contribution >= 0.6 is 0 Å². The van der Waals surface area contributed by atoms with Crippen LogP contribution in [0.4, 0.5) is 0 Å². The zero-order valence-electron chi connectivity index (χ0n) is 22.8. The number of hydrogen-bond donors (Lipinski definition) is 4. The van der Waals surface area contributed by atoms with Crippen LogP contribution in [0.5, 0.6) is 0 Å². The maximum atomic E-state index is 12.9. The second-order valence-corrected chi connectivity index (χ2v) is 14.8. The van der Waals surface area contributed by atoms with E-state index in [1.165, 1.54) is 25.7 Å². The number of fused-ring (bicyclic) bond motifs is 2. The largest absolute Gasteiger partial charge is 0.396 e. The summed E-state index contributed by atoms with van der Waals surface area (Å²) in [6, 6.07) is 0. The number of Topliss-reactive ketones (excluding diaryl/α,β-unsaturated/α-hetero) is 1. The molecule has 0 aromatic rings. The lowest BCUT2D eigenvalue weighted by Gasteiger charge is -2.62. The summed E-state index contributed by atoms with van der Waals surface area (Å²) < 4.78 is 0. The molecule has 0 aromatic heterocycles. The van der Waals surface area contributed by atoms with Crippen LogP contribution in [0.15, 0.2) is 0 Å². The minimum atomic E-state index is -1.12. The fraction of sp³-hybridized carbons (Fsp3) is 0.967. The number of ketones is 1. The Labute approximate surface area is 212 Å². The summed E-state index contributed by atoms with van der Waals surface area (Å²) in [5.41, 5.74) is -0.704. The van der Waals surface area contributed by atoms with Crippen molar-refractivity contribution in [2.75, 3.05) is 13.2 Å². The first-order valence-electron chi connectivity index (χ1n) is 14.4. The average molecular weight is 491 g/mol. The van der Waals surface area contributed by atoms with Crippen LogP contribution in [0.25, 0.3) is 0 Å². The first kappa shape index (κ1) is 26.1. The van der Waals surface area contributed by atoms with Crippen LogP contribution in [-0.2, 0) is 4.79 Å². The topological polar surface area (TPSA) is 98.0 Å². The third-order valence-electron chi connectivity index (χ3n) is 13.5. The molecule has 5 rings (SSSR count). The van der Waals surface area contributed by atoms with Crippen LogP contribution < -0.4 is 0 Å². The quantitative estimate of drug-likeness (QED) is 0.422. The van der Waals surface area contributed by atoms with E-state index in [1.54, 1.807) is 13.8 Å². The minimum absolute atomic E-state index is 0.00920.